The first-order chi connectivity index (χ1) is 12.2. The van der Waals surface area contributed by atoms with Gasteiger partial charge in [0.1, 0.15) is 11.3 Å². The van der Waals surface area contributed by atoms with Crippen LogP contribution >= 0.6 is 0 Å². The van der Waals surface area contributed by atoms with Gasteiger partial charge in [-0.1, -0.05) is 0 Å². The molecule has 4 rings (SSSR count). The van der Waals surface area contributed by atoms with Crippen LogP contribution in [0.4, 0.5) is 5.69 Å². The molecule has 1 saturated heterocycles. The van der Waals surface area contributed by atoms with Gasteiger partial charge in [-0.2, -0.15) is 0 Å². The highest BCUT2D eigenvalue weighted by Crippen LogP contribution is 2.22. The number of carbonyl (C=O) groups is 1. The average Bonchev–Trinajstić information content (AvgIpc) is 2.85. The smallest absolute Gasteiger partial charge is 0.253 e. The molecule has 3 heterocycles. The number of amides is 1. The Kier molecular flexibility index (Phi) is 4.14. The maximum absolute atomic E-state index is 12.9. The van der Waals surface area contributed by atoms with Crippen molar-refractivity contribution in [2.75, 3.05) is 31.1 Å². The van der Waals surface area contributed by atoms with Gasteiger partial charge < -0.3 is 14.2 Å². The van der Waals surface area contributed by atoms with Crippen LogP contribution in [0.3, 0.4) is 0 Å². The zero-order valence-electron chi connectivity index (χ0n) is 14.3. The lowest BCUT2D eigenvalue weighted by atomic mass is 10.1. The van der Waals surface area contributed by atoms with Crippen LogP contribution in [0, 0.1) is 6.92 Å². The highest BCUT2D eigenvalue weighted by molar-refractivity contribution is 5.97. The van der Waals surface area contributed by atoms with E-state index in [2.05, 4.69) is 9.88 Å². The third-order valence-corrected chi connectivity index (χ3v) is 4.70. The van der Waals surface area contributed by atoms with E-state index in [9.17, 15) is 4.79 Å². The molecule has 3 aromatic rings. The van der Waals surface area contributed by atoms with Gasteiger partial charge in [-0.05, 0) is 49.7 Å². The second-order valence-corrected chi connectivity index (χ2v) is 6.45. The van der Waals surface area contributed by atoms with Gasteiger partial charge in [0.05, 0.1) is 0 Å². The van der Waals surface area contributed by atoms with E-state index in [1.807, 2.05) is 60.6 Å². The van der Waals surface area contributed by atoms with E-state index in [1.165, 1.54) is 5.69 Å². The lowest BCUT2D eigenvalue weighted by Crippen LogP contribution is -2.35. The Bertz CT molecular complexity index is 888. The van der Waals surface area contributed by atoms with Crippen LogP contribution in [0.25, 0.3) is 11.0 Å². The quantitative estimate of drug-likeness (QED) is 0.719. The summed E-state index contributed by atoms with van der Waals surface area (Å²) in [7, 11) is 0. The first kappa shape index (κ1) is 15.7. The van der Waals surface area contributed by atoms with Crippen LogP contribution in [-0.4, -0.2) is 42.0 Å². The summed E-state index contributed by atoms with van der Waals surface area (Å²) in [6, 6.07) is 11.7. The molecule has 2 aromatic heterocycles. The highest BCUT2D eigenvalue weighted by atomic mass is 16.3. The number of fused-ring (bicyclic) bond motifs is 1. The summed E-state index contributed by atoms with van der Waals surface area (Å²) in [5, 5.41) is 0.983. The van der Waals surface area contributed by atoms with E-state index in [4.69, 9.17) is 4.42 Å². The van der Waals surface area contributed by atoms with E-state index >= 15 is 0 Å². The molecule has 25 heavy (non-hydrogen) atoms. The second kappa shape index (κ2) is 6.59. The van der Waals surface area contributed by atoms with Crippen molar-refractivity contribution in [1.29, 1.82) is 0 Å². The number of aryl methyl sites for hydroxylation is 1. The monoisotopic (exact) mass is 335 g/mol. The van der Waals surface area contributed by atoms with Crippen LogP contribution in [0.15, 0.2) is 53.2 Å². The molecule has 0 aliphatic carbocycles. The molecule has 0 atom stereocenters. The van der Waals surface area contributed by atoms with Crippen LogP contribution in [0.1, 0.15) is 22.5 Å². The normalized spacial score (nSPS) is 15.4. The van der Waals surface area contributed by atoms with E-state index in [0.717, 1.165) is 54.9 Å². The SMILES string of the molecule is Cc1cc2cc(C(=O)N3CCCN(c4ccncc4)CC3)ccc2o1. The molecule has 1 aromatic carbocycles. The van der Waals surface area contributed by atoms with Crippen LogP contribution in [0.5, 0.6) is 0 Å². The summed E-state index contributed by atoms with van der Waals surface area (Å²) in [4.78, 5) is 21.3. The van der Waals surface area contributed by atoms with Crippen molar-refractivity contribution < 1.29 is 9.21 Å². The number of furan rings is 1. The minimum Gasteiger partial charge on any atom is -0.461 e. The van der Waals surface area contributed by atoms with E-state index in [1.54, 1.807) is 0 Å². The minimum atomic E-state index is 0.0948. The zero-order chi connectivity index (χ0) is 17.2. The van der Waals surface area contributed by atoms with Gasteiger partial charge in [-0.15, -0.1) is 0 Å². The van der Waals surface area contributed by atoms with Crippen molar-refractivity contribution >= 4 is 22.6 Å². The molecule has 0 unspecified atom stereocenters. The van der Waals surface area contributed by atoms with Gasteiger partial charge in [0.15, 0.2) is 0 Å². The summed E-state index contributed by atoms with van der Waals surface area (Å²) < 4.78 is 5.59. The standard InChI is InChI=1S/C20H21N3O2/c1-15-13-17-14-16(3-4-19(17)25-15)20(24)23-10-2-9-22(11-12-23)18-5-7-21-8-6-18/h3-8,13-14H,2,9-12H2,1H3. The molecule has 128 valence electrons. The van der Waals surface area contributed by atoms with Crippen molar-refractivity contribution in [3.8, 4) is 0 Å². The van der Waals surface area contributed by atoms with E-state index in [0.29, 0.717) is 0 Å². The van der Waals surface area contributed by atoms with Gasteiger partial charge in [0.2, 0.25) is 0 Å². The van der Waals surface area contributed by atoms with Gasteiger partial charge in [0, 0.05) is 55.2 Å². The maximum Gasteiger partial charge on any atom is 0.253 e. The summed E-state index contributed by atoms with van der Waals surface area (Å²) >= 11 is 0. The summed E-state index contributed by atoms with van der Waals surface area (Å²) in [6.45, 7) is 5.22. The van der Waals surface area contributed by atoms with Crippen LogP contribution < -0.4 is 4.90 Å². The summed E-state index contributed by atoms with van der Waals surface area (Å²) in [6.07, 6.45) is 4.58. The van der Waals surface area contributed by atoms with Gasteiger partial charge in [-0.25, -0.2) is 0 Å². The number of hydrogen-bond acceptors (Lipinski definition) is 4. The van der Waals surface area contributed by atoms with Crippen molar-refractivity contribution in [2.24, 2.45) is 0 Å². The summed E-state index contributed by atoms with van der Waals surface area (Å²) in [5.41, 5.74) is 2.72. The van der Waals surface area contributed by atoms with Gasteiger partial charge in [-0.3, -0.25) is 9.78 Å². The molecule has 0 saturated carbocycles. The number of carbonyl (C=O) groups excluding carboxylic acids is 1. The molecule has 0 N–H and O–H groups in total. The lowest BCUT2D eigenvalue weighted by Gasteiger charge is -2.23. The molecular formula is C20H21N3O2. The Morgan fingerprint density at radius 3 is 2.72 bits per heavy atom. The maximum atomic E-state index is 12.9. The third kappa shape index (κ3) is 3.22. The molecule has 0 bridgehead atoms. The molecule has 1 aliphatic rings. The Hall–Kier alpha value is -2.82. The first-order valence-electron chi connectivity index (χ1n) is 8.65. The van der Waals surface area contributed by atoms with Crippen LogP contribution in [0.2, 0.25) is 0 Å². The van der Waals surface area contributed by atoms with Gasteiger partial charge in [0.25, 0.3) is 5.91 Å². The largest absolute Gasteiger partial charge is 0.461 e. The summed E-state index contributed by atoms with van der Waals surface area (Å²) in [5.74, 6) is 0.958. The van der Waals surface area contributed by atoms with E-state index < -0.39 is 0 Å². The Labute approximate surface area is 146 Å². The average molecular weight is 335 g/mol. The molecular weight excluding hydrogens is 314 g/mol. The molecule has 5 heteroatoms. The molecule has 1 aliphatic heterocycles. The number of benzene rings is 1. The topological polar surface area (TPSA) is 49.6 Å². The fourth-order valence-electron chi connectivity index (χ4n) is 3.43. The Balaban J connectivity index is 1.50. The Morgan fingerprint density at radius 1 is 1.04 bits per heavy atom. The van der Waals surface area contributed by atoms with Crippen molar-refractivity contribution in [1.82, 2.24) is 9.88 Å². The number of anilines is 1. The zero-order valence-corrected chi connectivity index (χ0v) is 14.3. The number of aromatic nitrogens is 1. The number of hydrogen-bond donors (Lipinski definition) is 0. The van der Waals surface area contributed by atoms with Gasteiger partial charge >= 0.3 is 0 Å². The molecule has 0 radical (unpaired) electrons. The molecule has 5 nitrogen and oxygen atoms in total. The van der Waals surface area contributed by atoms with E-state index in [-0.39, 0.29) is 5.91 Å². The fraction of sp³-hybridized carbons (Fsp3) is 0.300. The second-order valence-electron chi connectivity index (χ2n) is 6.45. The lowest BCUT2D eigenvalue weighted by molar-refractivity contribution is 0.0767. The number of pyridine rings is 1. The van der Waals surface area contributed by atoms with Crippen molar-refractivity contribution in [3.63, 3.8) is 0 Å². The third-order valence-electron chi connectivity index (χ3n) is 4.70. The molecule has 1 fully saturated rings. The predicted molar refractivity (Wildman–Crippen MR) is 97.9 cm³/mol. The minimum absolute atomic E-state index is 0.0948. The van der Waals surface area contributed by atoms with Crippen molar-refractivity contribution in [2.45, 2.75) is 13.3 Å². The predicted octanol–water partition coefficient (Wildman–Crippen LogP) is 3.49. The Morgan fingerprint density at radius 2 is 1.88 bits per heavy atom. The highest BCUT2D eigenvalue weighted by Gasteiger charge is 2.21. The molecule has 0 spiro atoms. The fourth-order valence-corrected chi connectivity index (χ4v) is 3.43. The number of rotatable bonds is 2. The van der Waals surface area contributed by atoms with Crippen molar-refractivity contribution in [3.05, 3.63) is 60.1 Å². The molecule has 1 amide bonds. The number of nitrogens with zero attached hydrogens (tertiary/aromatic N) is 3. The first-order valence-corrected chi connectivity index (χ1v) is 8.65. The van der Waals surface area contributed by atoms with Crippen LogP contribution in [-0.2, 0) is 0 Å².